The summed E-state index contributed by atoms with van der Waals surface area (Å²) in [5.41, 5.74) is 2.38. The van der Waals surface area contributed by atoms with E-state index < -0.39 is 6.36 Å². The Labute approximate surface area is 192 Å². The van der Waals surface area contributed by atoms with Crippen LogP contribution in [0, 0.1) is 43.4 Å². The third-order valence-electron chi connectivity index (χ3n) is 9.15. The van der Waals surface area contributed by atoms with Crippen molar-refractivity contribution in [2.45, 2.75) is 110 Å². The first-order valence-electron chi connectivity index (χ1n) is 13.1. The van der Waals surface area contributed by atoms with Crippen LogP contribution in [0.4, 0.5) is 13.2 Å². The molecule has 180 valence electrons. The van der Waals surface area contributed by atoms with E-state index in [4.69, 9.17) is 0 Å². The highest BCUT2D eigenvalue weighted by molar-refractivity contribution is 5.44. The standard InChI is InChI=1S/C28H41F3O/c1-18-4-6-21(7-5-18)22-8-10-23(11-9-22)24-12-14-25(15-13-24)26-16-19(2)27(20(3)17-26)32-28(29,30)31/h16-18,21-25H,4-15H2,1-3H3. The number of ether oxygens (including phenoxy) is 1. The third-order valence-corrected chi connectivity index (χ3v) is 9.15. The average Bonchev–Trinajstić information content (AvgIpc) is 2.76. The molecule has 0 aromatic heterocycles. The summed E-state index contributed by atoms with van der Waals surface area (Å²) in [6.07, 6.45) is 11.8. The van der Waals surface area contributed by atoms with Crippen LogP contribution >= 0.6 is 0 Å². The molecule has 0 radical (unpaired) electrons. The van der Waals surface area contributed by atoms with Gasteiger partial charge < -0.3 is 4.74 Å². The summed E-state index contributed by atoms with van der Waals surface area (Å²) in [5, 5.41) is 0. The van der Waals surface area contributed by atoms with Crippen LogP contribution in [0.2, 0.25) is 0 Å². The van der Waals surface area contributed by atoms with E-state index in [0.717, 1.165) is 29.6 Å². The Bertz CT molecular complexity index is 723. The van der Waals surface area contributed by atoms with E-state index in [9.17, 15) is 13.2 Å². The molecule has 1 aromatic carbocycles. The topological polar surface area (TPSA) is 9.23 Å². The van der Waals surface area contributed by atoms with Crippen molar-refractivity contribution >= 4 is 0 Å². The molecule has 3 aliphatic rings. The van der Waals surface area contributed by atoms with Crippen molar-refractivity contribution in [3.63, 3.8) is 0 Å². The average molecular weight is 451 g/mol. The predicted molar refractivity (Wildman–Crippen MR) is 124 cm³/mol. The summed E-state index contributed by atoms with van der Waals surface area (Å²) in [4.78, 5) is 0. The fourth-order valence-electron chi connectivity index (χ4n) is 7.27. The largest absolute Gasteiger partial charge is 0.573 e. The molecule has 0 heterocycles. The first-order valence-corrected chi connectivity index (χ1v) is 13.1. The molecule has 0 spiro atoms. The minimum absolute atomic E-state index is 0.0286. The van der Waals surface area contributed by atoms with E-state index in [2.05, 4.69) is 11.7 Å². The van der Waals surface area contributed by atoms with E-state index in [0.29, 0.717) is 17.0 Å². The molecule has 32 heavy (non-hydrogen) atoms. The Morgan fingerprint density at radius 3 is 1.44 bits per heavy atom. The van der Waals surface area contributed by atoms with Crippen molar-refractivity contribution in [1.29, 1.82) is 0 Å². The lowest BCUT2D eigenvalue weighted by atomic mass is 9.65. The predicted octanol–water partition coefficient (Wildman–Crippen LogP) is 9.11. The van der Waals surface area contributed by atoms with Gasteiger partial charge in [0.05, 0.1) is 0 Å². The summed E-state index contributed by atoms with van der Waals surface area (Å²) in [6, 6.07) is 3.85. The minimum Gasteiger partial charge on any atom is -0.405 e. The van der Waals surface area contributed by atoms with E-state index in [1.165, 1.54) is 82.6 Å². The molecule has 3 aliphatic carbocycles. The van der Waals surface area contributed by atoms with Gasteiger partial charge in [-0.05, 0) is 130 Å². The molecule has 0 unspecified atom stereocenters. The Morgan fingerprint density at radius 2 is 1.03 bits per heavy atom. The maximum atomic E-state index is 12.7. The van der Waals surface area contributed by atoms with E-state index in [1.807, 2.05) is 12.1 Å². The Balaban J connectivity index is 1.27. The monoisotopic (exact) mass is 450 g/mol. The first kappa shape index (κ1) is 24.0. The molecule has 0 amide bonds. The molecule has 0 atom stereocenters. The van der Waals surface area contributed by atoms with E-state index in [-0.39, 0.29) is 5.75 Å². The van der Waals surface area contributed by atoms with E-state index >= 15 is 0 Å². The van der Waals surface area contributed by atoms with Gasteiger partial charge in [-0.2, -0.15) is 0 Å². The van der Waals surface area contributed by atoms with Crippen molar-refractivity contribution in [1.82, 2.24) is 0 Å². The first-order chi connectivity index (χ1) is 15.2. The number of benzene rings is 1. The zero-order valence-electron chi connectivity index (χ0n) is 20.1. The van der Waals surface area contributed by atoms with Crippen molar-refractivity contribution in [2.75, 3.05) is 0 Å². The second kappa shape index (κ2) is 9.97. The van der Waals surface area contributed by atoms with Gasteiger partial charge in [0.15, 0.2) is 0 Å². The third kappa shape index (κ3) is 5.83. The van der Waals surface area contributed by atoms with Crippen LogP contribution < -0.4 is 4.74 Å². The number of aryl methyl sites for hydroxylation is 2. The molecule has 4 rings (SSSR count). The lowest BCUT2D eigenvalue weighted by Crippen LogP contribution is -2.29. The van der Waals surface area contributed by atoms with Crippen LogP contribution in [0.25, 0.3) is 0 Å². The van der Waals surface area contributed by atoms with Gasteiger partial charge in [0.1, 0.15) is 5.75 Å². The molecule has 4 heteroatoms. The van der Waals surface area contributed by atoms with Gasteiger partial charge in [0.2, 0.25) is 0 Å². The van der Waals surface area contributed by atoms with Crippen molar-refractivity contribution in [3.8, 4) is 5.75 Å². The van der Waals surface area contributed by atoms with Crippen LogP contribution in [0.1, 0.15) is 107 Å². The van der Waals surface area contributed by atoms with Gasteiger partial charge in [-0.25, -0.2) is 0 Å². The zero-order chi connectivity index (χ0) is 22.9. The number of hydrogen-bond acceptors (Lipinski definition) is 1. The highest BCUT2D eigenvalue weighted by Gasteiger charge is 2.35. The summed E-state index contributed by atoms with van der Waals surface area (Å²) < 4.78 is 42.4. The van der Waals surface area contributed by atoms with Gasteiger partial charge in [-0.3, -0.25) is 0 Å². The lowest BCUT2D eigenvalue weighted by molar-refractivity contribution is -0.275. The molecular formula is C28H41F3O. The van der Waals surface area contributed by atoms with Gasteiger partial charge in [0.25, 0.3) is 0 Å². The molecule has 0 N–H and O–H groups in total. The quantitative estimate of drug-likeness (QED) is 0.444. The van der Waals surface area contributed by atoms with Crippen molar-refractivity contribution < 1.29 is 17.9 Å². The summed E-state index contributed by atoms with van der Waals surface area (Å²) >= 11 is 0. The van der Waals surface area contributed by atoms with Crippen LogP contribution in [-0.2, 0) is 0 Å². The number of halogens is 3. The SMILES string of the molecule is Cc1cc(C2CCC(C3CCC(C4CCC(C)CC4)CC3)CC2)cc(C)c1OC(F)(F)F. The fourth-order valence-corrected chi connectivity index (χ4v) is 7.27. The van der Waals surface area contributed by atoms with Crippen molar-refractivity contribution in [2.24, 2.45) is 29.6 Å². The van der Waals surface area contributed by atoms with Gasteiger partial charge in [-0.1, -0.05) is 31.9 Å². The number of hydrogen-bond donors (Lipinski definition) is 0. The fraction of sp³-hybridized carbons (Fsp3) is 0.786. The molecule has 1 aromatic rings. The van der Waals surface area contributed by atoms with Crippen LogP contribution in [0.5, 0.6) is 5.75 Å². The number of rotatable bonds is 4. The van der Waals surface area contributed by atoms with Gasteiger partial charge in [0, 0.05) is 0 Å². The molecule has 3 saturated carbocycles. The highest BCUT2D eigenvalue weighted by atomic mass is 19.4. The smallest absolute Gasteiger partial charge is 0.405 e. The second-order valence-electron chi connectivity index (χ2n) is 11.3. The summed E-state index contributed by atoms with van der Waals surface area (Å²) in [6.45, 7) is 5.88. The van der Waals surface area contributed by atoms with Gasteiger partial charge in [-0.15, -0.1) is 13.2 Å². The Kier molecular flexibility index (Phi) is 7.46. The summed E-state index contributed by atoms with van der Waals surface area (Å²) in [5.74, 6) is 5.13. The maximum absolute atomic E-state index is 12.7. The molecule has 1 nitrogen and oxygen atoms in total. The van der Waals surface area contributed by atoms with Gasteiger partial charge >= 0.3 is 6.36 Å². The van der Waals surface area contributed by atoms with Crippen LogP contribution in [0.15, 0.2) is 12.1 Å². The highest BCUT2D eigenvalue weighted by Crippen LogP contribution is 2.47. The molecule has 0 bridgehead atoms. The normalized spacial score (nSPS) is 34.3. The zero-order valence-corrected chi connectivity index (χ0v) is 20.1. The Hall–Kier alpha value is -1.19. The molecule has 3 fully saturated rings. The van der Waals surface area contributed by atoms with E-state index in [1.54, 1.807) is 13.8 Å². The lowest BCUT2D eigenvalue weighted by Gasteiger charge is -2.41. The van der Waals surface area contributed by atoms with Crippen LogP contribution in [0.3, 0.4) is 0 Å². The van der Waals surface area contributed by atoms with Crippen LogP contribution in [-0.4, -0.2) is 6.36 Å². The Morgan fingerprint density at radius 1 is 0.656 bits per heavy atom. The minimum atomic E-state index is -4.64. The molecular weight excluding hydrogens is 409 g/mol. The second-order valence-corrected chi connectivity index (χ2v) is 11.3. The van der Waals surface area contributed by atoms with Crippen molar-refractivity contribution in [3.05, 3.63) is 28.8 Å². The maximum Gasteiger partial charge on any atom is 0.573 e. The molecule has 0 saturated heterocycles. The number of alkyl halides is 3. The summed E-state index contributed by atoms with van der Waals surface area (Å²) in [7, 11) is 0. The molecule has 0 aliphatic heterocycles.